The minimum absolute atomic E-state index is 0.504. The lowest BCUT2D eigenvalue weighted by molar-refractivity contribution is 0.635. The molecule has 4 nitrogen and oxygen atoms in total. The molecule has 2 aromatic rings. The smallest absolute Gasteiger partial charge is 0.159 e. The fraction of sp³-hybridized carbons (Fsp3) is 0.417. The van der Waals surface area contributed by atoms with E-state index >= 15 is 0 Å². The molecular weight excluding hydrogens is 407 g/mol. The van der Waals surface area contributed by atoms with Crippen molar-refractivity contribution in [3.05, 3.63) is 32.1 Å². The summed E-state index contributed by atoms with van der Waals surface area (Å²) in [7, 11) is 0. The molecule has 0 bridgehead atoms. The molecule has 1 aromatic carbocycles. The number of aromatic nitrogens is 4. The number of tetrazole rings is 1. The van der Waals surface area contributed by atoms with Crippen molar-refractivity contribution in [2.45, 2.75) is 31.6 Å². The normalized spacial score (nSPS) is 16.3. The van der Waals surface area contributed by atoms with Crippen LogP contribution in [-0.4, -0.2) is 20.2 Å². The number of nitrogens with zero attached hydrogens (tertiary/aromatic N) is 4. The van der Waals surface area contributed by atoms with Gasteiger partial charge in [0.2, 0.25) is 0 Å². The Hall–Kier alpha value is -0.500. The fourth-order valence-corrected chi connectivity index (χ4v) is 3.34. The van der Waals surface area contributed by atoms with Gasteiger partial charge in [0.15, 0.2) is 5.82 Å². The van der Waals surface area contributed by atoms with Crippen molar-refractivity contribution in [1.82, 2.24) is 20.2 Å². The van der Waals surface area contributed by atoms with Crippen molar-refractivity contribution in [3.63, 3.8) is 0 Å². The van der Waals surface area contributed by atoms with E-state index in [9.17, 15) is 0 Å². The van der Waals surface area contributed by atoms with Gasteiger partial charge in [-0.25, -0.2) is 0 Å². The molecule has 18 heavy (non-hydrogen) atoms. The maximum Gasteiger partial charge on any atom is 0.159 e. The van der Waals surface area contributed by atoms with Crippen molar-refractivity contribution >= 4 is 38.5 Å². The Balaban J connectivity index is 2.06. The highest BCUT2D eigenvalue weighted by molar-refractivity contribution is 14.1. The standard InChI is InChI=1S/C12H12BrIN4/c13-10-6-5-9(14)7-11(10)18-12(15-16-17-18)8-3-1-2-4-8/h5-8H,1-4H2. The quantitative estimate of drug-likeness (QED) is 0.698. The Kier molecular flexibility index (Phi) is 3.65. The van der Waals surface area contributed by atoms with Gasteiger partial charge in [-0.05, 0) is 80.0 Å². The topological polar surface area (TPSA) is 43.6 Å². The van der Waals surface area contributed by atoms with Gasteiger partial charge in [-0.15, -0.1) is 5.10 Å². The molecule has 1 heterocycles. The highest BCUT2D eigenvalue weighted by Gasteiger charge is 2.24. The van der Waals surface area contributed by atoms with Gasteiger partial charge < -0.3 is 0 Å². The first-order valence-electron chi connectivity index (χ1n) is 5.99. The first kappa shape index (κ1) is 12.5. The SMILES string of the molecule is Brc1ccc(I)cc1-n1nnnc1C1CCCC1. The molecule has 6 heteroatoms. The molecule has 0 saturated heterocycles. The van der Waals surface area contributed by atoms with Gasteiger partial charge in [0.05, 0.1) is 5.69 Å². The van der Waals surface area contributed by atoms with Gasteiger partial charge in [0, 0.05) is 14.0 Å². The van der Waals surface area contributed by atoms with Crippen LogP contribution in [-0.2, 0) is 0 Å². The van der Waals surface area contributed by atoms with E-state index in [2.05, 4.69) is 66.2 Å². The molecule has 0 amide bonds. The summed E-state index contributed by atoms with van der Waals surface area (Å²) in [6.07, 6.45) is 4.96. The van der Waals surface area contributed by atoms with Crippen molar-refractivity contribution < 1.29 is 0 Å². The van der Waals surface area contributed by atoms with Crippen LogP contribution in [0.1, 0.15) is 37.4 Å². The lowest BCUT2D eigenvalue weighted by Crippen LogP contribution is -2.07. The molecule has 1 aliphatic rings. The van der Waals surface area contributed by atoms with E-state index in [0.717, 1.165) is 16.0 Å². The van der Waals surface area contributed by atoms with Crippen molar-refractivity contribution in [2.75, 3.05) is 0 Å². The molecule has 0 unspecified atom stereocenters. The molecule has 0 N–H and O–H groups in total. The van der Waals surface area contributed by atoms with Crippen LogP contribution in [0.5, 0.6) is 0 Å². The fourth-order valence-electron chi connectivity index (χ4n) is 2.45. The van der Waals surface area contributed by atoms with Gasteiger partial charge >= 0.3 is 0 Å². The van der Waals surface area contributed by atoms with E-state index in [4.69, 9.17) is 0 Å². The Morgan fingerprint density at radius 3 is 2.83 bits per heavy atom. The number of halogens is 2. The highest BCUT2D eigenvalue weighted by Crippen LogP contribution is 2.34. The average molecular weight is 419 g/mol. The summed E-state index contributed by atoms with van der Waals surface area (Å²) in [4.78, 5) is 0. The minimum Gasteiger partial charge on any atom is -0.196 e. The molecule has 1 aromatic heterocycles. The average Bonchev–Trinajstić information content (AvgIpc) is 3.00. The summed E-state index contributed by atoms with van der Waals surface area (Å²) in [5.74, 6) is 1.50. The third-order valence-corrected chi connectivity index (χ3v) is 4.69. The molecule has 1 fully saturated rings. The molecule has 1 aliphatic carbocycles. The Bertz CT molecular complexity index is 563. The Morgan fingerprint density at radius 1 is 1.28 bits per heavy atom. The zero-order valence-electron chi connectivity index (χ0n) is 9.68. The molecule has 0 aliphatic heterocycles. The van der Waals surface area contributed by atoms with Crippen LogP contribution in [0, 0.1) is 3.57 Å². The van der Waals surface area contributed by atoms with Gasteiger partial charge in [-0.1, -0.05) is 12.8 Å². The summed E-state index contributed by atoms with van der Waals surface area (Å²) in [6, 6.07) is 6.20. The monoisotopic (exact) mass is 418 g/mol. The zero-order chi connectivity index (χ0) is 12.5. The van der Waals surface area contributed by atoms with Gasteiger partial charge in [-0.3, -0.25) is 0 Å². The Morgan fingerprint density at radius 2 is 2.06 bits per heavy atom. The first-order valence-corrected chi connectivity index (χ1v) is 7.86. The number of benzene rings is 1. The lowest BCUT2D eigenvalue weighted by Gasteiger charge is -2.11. The summed E-state index contributed by atoms with van der Waals surface area (Å²) in [6.45, 7) is 0. The largest absolute Gasteiger partial charge is 0.196 e. The molecule has 0 radical (unpaired) electrons. The second kappa shape index (κ2) is 5.24. The third-order valence-electron chi connectivity index (χ3n) is 3.35. The highest BCUT2D eigenvalue weighted by atomic mass is 127. The molecule has 94 valence electrons. The molecule has 3 rings (SSSR count). The van der Waals surface area contributed by atoms with Crippen LogP contribution >= 0.6 is 38.5 Å². The predicted octanol–water partition coefficient (Wildman–Crippen LogP) is 3.69. The molecule has 0 atom stereocenters. The van der Waals surface area contributed by atoms with Gasteiger partial charge in [0.1, 0.15) is 0 Å². The summed E-state index contributed by atoms with van der Waals surface area (Å²) in [5.41, 5.74) is 1.02. The van der Waals surface area contributed by atoms with Crippen LogP contribution in [0.15, 0.2) is 22.7 Å². The van der Waals surface area contributed by atoms with E-state index < -0.39 is 0 Å². The maximum absolute atomic E-state index is 4.22. The number of hydrogen-bond donors (Lipinski definition) is 0. The van der Waals surface area contributed by atoms with Crippen LogP contribution in [0.3, 0.4) is 0 Å². The minimum atomic E-state index is 0.504. The van der Waals surface area contributed by atoms with E-state index in [1.807, 2.05) is 10.7 Å². The number of rotatable bonds is 2. The third kappa shape index (κ3) is 2.32. The molecule has 0 spiro atoms. The van der Waals surface area contributed by atoms with Crippen LogP contribution < -0.4 is 0 Å². The predicted molar refractivity (Wildman–Crippen MR) is 80.8 cm³/mol. The van der Waals surface area contributed by atoms with E-state index in [0.29, 0.717) is 5.92 Å². The maximum atomic E-state index is 4.22. The summed E-state index contributed by atoms with van der Waals surface area (Å²) >= 11 is 5.88. The zero-order valence-corrected chi connectivity index (χ0v) is 13.4. The number of hydrogen-bond acceptors (Lipinski definition) is 3. The lowest BCUT2D eigenvalue weighted by atomic mass is 10.1. The van der Waals surface area contributed by atoms with Crippen LogP contribution in [0.4, 0.5) is 0 Å². The van der Waals surface area contributed by atoms with Crippen molar-refractivity contribution in [3.8, 4) is 5.69 Å². The molecule has 1 saturated carbocycles. The summed E-state index contributed by atoms with van der Waals surface area (Å²) in [5, 5.41) is 12.2. The van der Waals surface area contributed by atoms with Gasteiger partial charge in [-0.2, -0.15) is 4.68 Å². The van der Waals surface area contributed by atoms with Crippen molar-refractivity contribution in [2.24, 2.45) is 0 Å². The van der Waals surface area contributed by atoms with Crippen LogP contribution in [0.2, 0.25) is 0 Å². The summed E-state index contributed by atoms with van der Waals surface area (Å²) < 4.78 is 4.08. The van der Waals surface area contributed by atoms with Crippen molar-refractivity contribution in [1.29, 1.82) is 0 Å². The Labute approximate surface area is 127 Å². The van der Waals surface area contributed by atoms with Crippen LogP contribution in [0.25, 0.3) is 5.69 Å². The van der Waals surface area contributed by atoms with E-state index in [1.165, 1.54) is 29.3 Å². The first-order chi connectivity index (χ1) is 8.75. The second-order valence-corrected chi connectivity index (χ2v) is 6.63. The second-order valence-electron chi connectivity index (χ2n) is 4.53. The van der Waals surface area contributed by atoms with Gasteiger partial charge in [0.25, 0.3) is 0 Å². The van der Waals surface area contributed by atoms with E-state index in [-0.39, 0.29) is 0 Å². The van der Waals surface area contributed by atoms with E-state index in [1.54, 1.807) is 0 Å². The molecular formula is C12H12BrIN4.